The minimum atomic E-state index is 0.501. The minimum absolute atomic E-state index is 0.501. The van der Waals surface area contributed by atoms with Crippen molar-refractivity contribution in [3.8, 4) is 0 Å². The summed E-state index contributed by atoms with van der Waals surface area (Å²) in [5, 5.41) is 6.46. The third-order valence-electron chi connectivity index (χ3n) is 5.45. The average Bonchev–Trinajstić information content (AvgIpc) is 3.53. The van der Waals surface area contributed by atoms with Crippen LogP contribution >= 0.6 is 58.0 Å². The molecular weight excluding hydrogens is 473 g/mol. The molecule has 0 amide bonds. The topological polar surface area (TPSA) is 0 Å². The molecule has 2 aromatic heterocycles. The first-order valence-corrected chi connectivity index (χ1v) is 14.8. The Labute approximate surface area is 205 Å². The highest BCUT2D eigenvalue weighted by molar-refractivity contribution is 8.08. The molecule has 1 saturated heterocycles. The quantitative estimate of drug-likeness (QED) is 0.261. The lowest BCUT2D eigenvalue weighted by atomic mass is 10.1. The lowest BCUT2D eigenvalue weighted by Crippen LogP contribution is -2.21. The number of rotatable bonds is 6. The second kappa shape index (κ2) is 9.80. The van der Waals surface area contributed by atoms with Gasteiger partial charge in [-0.1, -0.05) is 47.5 Å². The van der Waals surface area contributed by atoms with Crippen molar-refractivity contribution in [2.75, 3.05) is 0 Å². The second-order valence-corrected chi connectivity index (χ2v) is 13.5. The molecule has 0 aliphatic carbocycles. The number of aryl methyl sites for hydroxylation is 2. The smallest absolute Gasteiger partial charge is 0.0531 e. The van der Waals surface area contributed by atoms with Crippen LogP contribution < -0.4 is 0 Å². The van der Waals surface area contributed by atoms with Gasteiger partial charge in [0.1, 0.15) is 0 Å². The SMILES string of the molecule is Cc1ccc(SC2C(c3cccs3)SC(c3cccs3)C2Sc2ccc(C)cc2)cc1. The Morgan fingerprint density at radius 1 is 0.581 bits per heavy atom. The van der Waals surface area contributed by atoms with Crippen molar-refractivity contribution in [2.24, 2.45) is 0 Å². The van der Waals surface area contributed by atoms with Crippen molar-refractivity contribution < 1.29 is 0 Å². The molecule has 158 valence electrons. The zero-order valence-corrected chi connectivity index (χ0v) is 21.5. The van der Waals surface area contributed by atoms with E-state index in [2.05, 4.69) is 133 Å². The fraction of sp³-hybridized carbons (Fsp3) is 0.231. The highest BCUT2D eigenvalue weighted by Gasteiger charge is 2.47. The van der Waals surface area contributed by atoms with E-state index in [4.69, 9.17) is 0 Å². The highest BCUT2D eigenvalue weighted by atomic mass is 32.2. The third kappa shape index (κ3) is 4.96. The Kier molecular flexibility index (Phi) is 6.87. The highest BCUT2D eigenvalue weighted by Crippen LogP contribution is 2.63. The Bertz CT molecular complexity index is 992. The van der Waals surface area contributed by atoms with E-state index < -0.39 is 0 Å². The Balaban J connectivity index is 1.53. The van der Waals surface area contributed by atoms with E-state index in [1.807, 2.05) is 22.7 Å². The summed E-state index contributed by atoms with van der Waals surface area (Å²) in [7, 11) is 0. The first kappa shape index (κ1) is 21.7. The van der Waals surface area contributed by atoms with Gasteiger partial charge in [0.05, 0.1) is 10.5 Å². The van der Waals surface area contributed by atoms with Crippen LogP contribution in [0.2, 0.25) is 0 Å². The molecule has 0 radical (unpaired) electrons. The number of hydrogen-bond donors (Lipinski definition) is 0. The van der Waals surface area contributed by atoms with Crippen LogP contribution in [-0.2, 0) is 0 Å². The van der Waals surface area contributed by atoms with E-state index in [1.54, 1.807) is 0 Å². The normalized spacial score (nSPS) is 23.3. The van der Waals surface area contributed by atoms with Gasteiger partial charge in [-0.3, -0.25) is 0 Å². The molecule has 1 aliphatic heterocycles. The van der Waals surface area contributed by atoms with Crippen LogP contribution in [-0.4, -0.2) is 10.5 Å². The molecule has 0 nitrogen and oxygen atoms in total. The largest absolute Gasteiger partial charge is 0.148 e. The molecule has 1 aliphatic rings. The molecule has 2 aromatic carbocycles. The molecule has 3 heterocycles. The maximum absolute atomic E-state index is 2.33. The van der Waals surface area contributed by atoms with Crippen LogP contribution in [0.25, 0.3) is 0 Å². The molecular formula is C26H24S5. The summed E-state index contributed by atoms with van der Waals surface area (Å²) >= 11 is 10.1. The molecule has 4 atom stereocenters. The number of thioether (sulfide) groups is 3. The molecule has 4 aromatic rings. The minimum Gasteiger partial charge on any atom is -0.148 e. The van der Waals surface area contributed by atoms with Gasteiger partial charge in [0.25, 0.3) is 0 Å². The fourth-order valence-corrected chi connectivity index (χ4v) is 11.1. The summed E-state index contributed by atoms with van der Waals surface area (Å²) in [6.45, 7) is 4.33. The van der Waals surface area contributed by atoms with Crippen molar-refractivity contribution in [1.29, 1.82) is 0 Å². The zero-order valence-electron chi connectivity index (χ0n) is 17.4. The maximum atomic E-state index is 2.33. The molecule has 0 saturated carbocycles. The summed E-state index contributed by atoms with van der Waals surface area (Å²) in [4.78, 5) is 5.75. The molecule has 0 N–H and O–H groups in total. The van der Waals surface area contributed by atoms with Crippen molar-refractivity contribution in [1.82, 2.24) is 0 Å². The summed E-state index contributed by atoms with van der Waals surface area (Å²) in [5.74, 6) is 0. The number of thiophene rings is 2. The first-order chi connectivity index (χ1) is 15.2. The van der Waals surface area contributed by atoms with Gasteiger partial charge in [-0.2, -0.15) is 0 Å². The van der Waals surface area contributed by atoms with Gasteiger partial charge in [0.2, 0.25) is 0 Å². The fourth-order valence-electron chi connectivity index (χ4n) is 3.83. The lowest BCUT2D eigenvalue weighted by Gasteiger charge is -2.25. The predicted octanol–water partition coefficient (Wildman–Crippen LogP) is 9.28. The van der Waals surface area contributed by atoms with Gasteiger partial charge < -0.3 is 0 Å². The zero-order chi connectivity index (χ0) is 21.2. The molecule has 5 rings (SSSR count). The Morgan fingerprint density at radius 2 is 1.00 bits per heavy atom. The maximum Gasteiger partial charge on any atom is 0.0531 e. The van der Waals surface area contributed by atoms with Crippen LogP contribution in [0.1, 0.15) is 31.4 Å². The van der Waals surface area contributed by atoms with Crippen molar-refractivity contribution in [3.05, 3.63) is 104 Å². The molecule has 1 fully saturated rings. The van der Waals surface area contributed by atoms with Crippen LogP contribution in [0.3, 0.4) is 0 Å². The van der Waals surface area contributed by atoms with Gasteiger partial charge >= 0.3 is 0 Å². The summed E-state index contributed by atoms with van der Waals surface area (Å²) in [6, 6.07) is 27.2. The van der Waals surface area contributed by atoms with Crippen LogP contribution in [0.4, 0.5) is 0 Å². The van der Waals surface area contributed by atoms with E-state index in [-0.39, 0.29) is 0 Å². The summed E-state index contributed by atoms with van der Waals surface area (Å²) < 4.78 is 0. The van der Waals surface area contributed by atoms with Gasteiger partial charge in [-0.25, -0.2) is 0 Å². The van der Waals surface area contributed by atoms with E-state index in [0.29, 0.717) is 21.0 Å². The Morgan fingerprint density at radius 3 is 1.35 bits per heavy atom. The van der Waals surface area contributed by atoms with Crippen molar-refractivity contribution >= 4 is 58.0 Å². The standard InChI is InChI=1S/C26H24S5/c1-17-7-11-19(12-8-17)29-25-23(21-5-3-15-27-21)31-24(22-6-4-16-28-22)26(25)30-20-13-9-18(2)10-14-20/h3-16,23-26H,1-2H3. The number of hydrogen-bond acceptors (Lipinski definition) is 5. The van der Waals surface area contributed by atoms with Gasteiger partial charge in [0.15, 0.2) is 0 Å². The van der Waals surface area contributed by atoms with E-state index in [0.717, 1.165) is 0 Å². The molecule has 0 bridgehead atoms. The van der Waals surface area contributed by atoms with Gasteiger partial charge in [0, 0.05) is 30.0 Å². The second-order valence-electron chi connectivity index (χ2n) is 7.80. The first-order valence-electron chi connectivity index (χ1n) is 10.4. The predicted molar refractivity (Wildman–Crippen MR) is 143 cm³/mol. The summed E-state index contributed by atoms with van der Waals surface area (Å²) in [6.07, 6.45) is 0. The van der Waals surface area contributed by atoms with Gasteiger partial charge in [-0.15, -0.1) is 58.0 Å². The third-order valence-corrected chi connectivity index (χ3v) is 12.6. The van der Waals surface area contributed by atoms with Crippen molar-refractivity contribution in [2.45, 2.75) is 44.6 Å². The van der Waals surface area contributed by atoms with Crippen LogP contribution in [0.15, 0.2) is 93.3 Å². The van der Waals surface area contributed by atoms with Crippen LogP contribution in [0.5, 0.6) is 0 Å². The summed E-state index contributed by atoms with van der Waals surface area (Å²) in [5.41, 5.74) is 2.64. The molecule has 0 spiro atoms. The van der Waals surface area contributed by atoms with Crippen molar-refractivity contribution in [3.63, 3.8) is 0 Å². The van der Waals surface area contributed by atoms with E-state index in [9.17, 15) is 0 Å². The van der Waals surface area contributed by atoms with Crippen LogP contribution in [0, 0.1) is 13.8 Å². The Hall–Kier alpha value is -1.11. The molecule has 4 unspecified atom stereocenters. The monoisotopic (exact) mass is 496 g/mol. The molecule has 5 heteroatoms. The molecule has 31 heavy (non-hydrogen) atoms. The lowest BCUT2D eigenvalue weighted by molar-refractivity contribution is 0.814. The van der Waals surface area contributed by atoms with E-state index >= 15 is 0 Å². The number of benzene rings is 2. The van der Waals surface area contributed by atoms with E-state index in [1.165, 1.54) is 30.7 Å². The van der Waals surface area contributed by atoms with Gasteiger partial charge in [-0.05, 0) is 61.0 Å². The average molecular weight is 497 g/mol.